The van der Waals surface area contributed by atoms with Gasteiger partial charge in [0.1, 0.15) is 10.7 Å². The second-order valence-electron chi connectivity index (χ2n) is 5.89. The van der Waals surface area contributed by atoms with Crippen molar-refractivity contribution < 1.29 is 13.7 Å². The molecule has 0 saturated carbocycles. The molecule has 1 aliphatic heterocycles. The van der Waals surface area contributed by atoms with E-state index >= 15 is 0 Å². The number of nitro groups is 1. The van der Waals surface area contributed by atoms with E-state index in [1.165, 1.54) is 11.3 Å². The molecule has 1 fully saturated rings. The molecule has 2 heterocycles. The summed E-state index contributed by atoms with van der Waals surface area (Å²) in [5.74, 6) is -1.83. The molecular formula is C17H13F2N3O2S. The Labute approximate surface area is 145 Å². The van der Waals surface area contributed by atoms with Gasteiger partial charge in [-0.05, 0) is 25.0 Å². The normalized spacial score (nSPS) is 17.4. The van der Waals surface area contributed by atoms with Gasteiger partial charge in [0, 0.05) is 6.54 Å². The molecule has 5 nitrogen and oxygen atoms in total. The number of para-hydroxylation sites is 1. The highest BCUT2D eigenvalue weighted by atomic mass is 32.1. The van der Waals surface area contributed by atoms with Crippen LogP contribution in [0.1, 0.15) is 23.9 Å². The number of aromatic nitrogens is 1. The molecule has 1 saturated heterocycles. The Morgan fingerprint density at radius 3 is 2.64 bits per heavy atom. The van der Waals surface area contributed by atoms with Crippen molar-refractivity contribution in [2.24, 2.45) is 0 Å². The number of anilines is 1. The first-order valence-corrected chi connectivity index (χ1v) is 8.62. The maximum Gasteiger partial charge on any atom is 0.275 e. The Morgan fingerprint density at radius 1 is 1.24 bits per heavy atom. The molecule has 4 rings (SSSR count). The molecule has 0 radical (unpaired) electrons. The van der Waals surface area contributed by atoms with Gasteiger partial charge in [-0.3, -0.25) is 10.1 Å². The van der Waals surface area contributed by atoms with Gasteiger partial charge in [0.05, 0.1) is 33.3 Å². The van der Waals surface area contributed by atoms with Crippen LogP contribution in [0.2, 0.25) is 0 Å². The van der Waals surface area contributed by atoms with Gasteiger partial charge in [-0.1, -0.05) is 12.1 Å². The minimum atomic E-state index is -0.917. The fraction of sp³-hybridized carbons (Fsp3) is 0.235. The summed E-state index contributed by atoms with van der Waals surface area (Å²) in [6.45, 7) is 0.478. The molecule has 0 amide bonds. The van der Waals surface area contributed by atoms with Gasteiger partial charge in [0.15, 0.2) is 11.6 Å². The Hall–Kier alpha value is -2.61. The van der Waals surface area contributed by atoms with Crippen molar-refractivity contribution in [3.8, 4) is 0 Å². The van der Waals surface area contributed by atoms with E-state index in [1.807, 2.05) is 24.3 Å². The van der Waals surface area contributed by atoms with Crippen molar-refractivity contribution >= 4 is 32.9 Å². The predicted octanol–water partition coefficient (Wildman–Crippen LogP) is 4.82. The number of halogens is 2. The smallest absolute Gasteiger partial charge is 0.275 e. The Kier molecular flexibility index (Phi) is 3.84. The molecule has 0 unspecified atom stereocenters. The minimum absolute atomic E-state index is 0.215. The van der Waals surface area contributed by atoms with Crippen LogP contribution in [0.3, 0.4) is 0 Å². The highest BCUT2D eigenvalue weighted by molar-refractivity contribution is 7.18. The molecule has 1 atom stereocenters. The molecule has 128 valence electrons. The van der Waals surface area contributed by atoms with E-state index in [2.05, 4.69) is 4.98 Å². The fourth-order valence-corrected chi connectivity index (χ4v) is 4.37. The molecule has 2 aromatic carbocycles. The number of rotatable bonds is 3. The van der Waals surface area contributed by atoms with Gasteiger partial charge in [0.25, 0.3) is 5.69 Å². The van der Waals surface area contributed by atoms with Gasteiger partial charge < -0.3 is 4.90 Å². The zero-order chi connectivity index (χ0) is 17.6. The number of fused-ring (bicyclic) bond motifs is 1. The zero-order valence-corrected chi connectivity index (χ0v) is 13.8. The van der Waals surface area contributed by atoms with Crippen molar-refractivity contribution in [2.75, 3.05) is 11.4 Å². The lowest BCUT2D eigenvalue weighted by Crippen LogP contribution is -2.24. The molecule has 0 bridgehead atoms. The van der Waals surface area contributed by atoms with E-state index in [4.69, 9.17) is 0 Å². The summed E-state index contributed by atoms with van der Waals surface area (Å²) >= 11 is 1.51. The standard InChI is InChI=1S/C17H13F2N3O2S/c18-11-8-10(22(23)24)9-12(19)16(11)21-7-3-5-14(21)17-20-13-4-1-2-6-15(13)25-17/h1-2,4,6,8-9,14H,3,5,7H2/t14-/m1/s1. The van der Waals surface area contributed by atoms with Crippen LogP contribution in [-0.2, 0) is 0 Å². The molecule has 25 heavy (non-hydrogen) atoms. The van der Waals surface area contributed by atoms with Gasteiger partial charge in [-0.2, -0.15) is 0 Å². The average molecular weight is 361 g/mol. The maximum atomic E-state index is 14.4. The SMILES string of the molecule is O=[N+]([O-])c1cc(F)c(N2CCC[C@@H]2c2nc3ccccc3s2)c(F)c1. The van der Waals surface area contributed by atoms with Crippen molar-refractivity contribution in [1.29, 1.82) is 0 Å². The summed E-state index contributed by atoms with van der Waals surface area (Å²) in [4.78, 5) is 16.2. The summed E-state index contributed by atoms with van der Waals surface area (Å²) in [7, 11) is 0. The van der Waals surface area contributed by atoms with Crippen LogP contribution in [0.25, 0.3) is 10.2 Å². The summed E-state index contributed by atoms with van der Waals surface area (Å²) < 4.78 is 29.8. The highest BCUT2D eigenvalue weighted by Crippen LogP contribution is 2.41. The van der Waals surface area contributed by atoms with Gasteiger partial charge >= 0.3 is 0 Å². The Bertz CT molecular complexity index is 919. The van der Waals surface area contributed by atoms with E-state index in [-0.39, 0.29) is 11.7 Å². The van der Waals surface area contributed by atoms with Crippen LogP contribution >= 0.6 is 11.3 Å². The minimum Gasteiger partial charge on any atom is -0.357 e. The van der Waals surface area contributed by atoms with Crippen LogP contribution < -0.4 is 4.90 Å². The van der Waals surface area contributed by atoms with Crippen LogP contribution in [-0.4, -0.2) is 16.5 Å². The number of non-ortho nitro benzene ring substituents is 1. The first-order valence-electron chi connectivity index (χ1n) is 7.80. The van der Waals surface area contributed by atoms with Crippen molar-refractivity contribution in [2.45, 2.75) is 18.9 Å². The zero-order valence-electron chi connectivity index (χ0n) is 13.0. The first kappa shape index (κ1) is 15.9. The number of thiazole rings is 1. The highest BCUT2D eigenvalue weighted by Gasteiger charge is 2.33. The Balaban J connectivity index is 1.76. The van der Waals surface area contributed by atoms with Gasteiger partial charge in [-0.15, -0.1) is 11.3 Å². The third kappa shape index (κ3) is 2.72. The van der Waals surface area contributed by atoms with Crippen LogP contribution in [0.15, 0.2) is 36.4 Å². The second-order valence-corrected chi connectivity index (χ2v) is 6.95. The third-order valence-corrected chi connectivity index (χ3v) is 5.49. The van der Waals surface area contributed by atoms with Crippen LogP contribution in [0.4, 0.5) is 20.2 Å². The molecule has 8 heteroatoms. The first-order chi connectivity index (χ1) is 12.0. The number of nitrogens with zero attached hydrogens (tertiary/aromatic N) is 3. The van der Waals surface area contributed by atoms with Crippen molar-refractivity contribution in [1.82, 2.24) is 4.98 Å². The monoisotopic (exact) mass is 361 g/mol. The second kappa shape index (κ2) is 6.03. The lowest BCUT2D eigenvalue weighted by Gasteiger charge is -2.26. The van der Waals surface area contributed by atoms with Crippen LogP contribution in [0.5, 0.6) is 0 Å². The number of nitro benzene ring substituents is 1. The van der Waals surface area contributed by atoms with E-state index in [0.29, 0.717) is 6.54 Å². The maximum absolute atomic E-state index is 14.4. The molecule has 0 N–H and O–H groups in total. The van der Waals surface area contributed by atoms with E-state index in [1.54, 1.807) is 4.90 Å². The molecule has 3 aromatic rings. The molecule has 0 aliphatic carbocycles. The lowest BCUT2D eigenvalue weighted by molar-refractivity contribution is -0.385. The third-order valence-electron chi connectivity index (χ3n) is 4.35. The predicted molar refractivity (Wildman–Crippen MR) is 92.0 cm³/mol. The molecule has 0 spiro atoms. The topological polar surface area (TPSA) is 59.3 Å². The number of hydrogen-bond donors (Lipinski definition) is 0. The van der Waals surface area contributed by atoms with E-state index in [9.17, 15) is 18.9 Å². The van der Waals surface area contributed by atoms with E-state index in [0.717, 1.165) is 40.2 Å². The summed E-state index contributed by atoms with van der Waals surface area (Å²) in [6.07, 6.45) is 1.51. The fourth-order valence-electron chi connectivity index (χ4n) is 3.26. The summed E-state index contributed by atoms with van der Waals surface area (Å²) in [5, 5.41) is 11.6. The van der Waals surface area contributed by atoms with E-state index < -0.39 is 22.2 Å². The van der Waals surface area contributed by atoms with Crippen LogP contribution in [0, 0.1) is 21.7 Å². The summed E-state index contributed by atoms with van der Waals surface area (Å²) in [5.41, 5.74) is 0.0563. The molecule has 1 aliphatic rings. The number of benzene rings is 2. The molecular weight excluding hydrogens is 348 g/mol. The number of hydrogen-bond acceptors (Lipinski definition) is 5. The van der Waals surface area contributed by atoms with Gasteiger partial charge in [-0.25, -0.2) is 13.8 Å². The quantitative estimate of drug-likeness (QED) is 0.495. The molecule has 1 aromatic heterocycles. The van der Waals surface area contributed by atoms with Crippen molar-refractivity contribution in [3.63, 3.8) is 0 Å². The lowest BCUT2D eigenvalue weighted by atomic mass is 10.2. The van der Waals surface area contributed by atoms with Crippen molar-refractivity contribution in [3.05, 3.63) is 63.2 Å². The average Bonchev–Trinajstić information content (AvgIpc) is 3.20. The summed E-state index contributed by atoms with van der Waals surface area (Å²) in [6, 6.07) is 8.99. The largest absolute Gasteiger partial charge is 0.357 e. The van der Waals surface area contributed by atoms with Gasteiger partial charge in [0.2, 0.25) is 0 Å². The Morgan fingerprint density at radius 2 is 1.96 bits per heavy atom.